The molecular formula is C8H15NO2. The molecule has 3 nitrogen and oxygen atoms in total. The summed E-state index contributed by atoms with van der Waals surface area (Å²) in [5.41, 5.74) is 0.0226. The standard InChI is InChI=1S/C8H15NO2/c1-10-7-5-9-6-8(7)3-2-4-11-8/h7,9H,2-6H2,1H3/t7-,8-/m1/s1. The molecule has 64 valence electrons. The van der Waals surface area contributed by atoms with Gasteiger partial charge >= 0.3 is 0 Å². The van der Waals surface area contributed by atoms with Crippen LogP contribution in [0.25, 0.3) is 0 Å². The van der Waals surface area contributed by atoms with E-state index in [1.54, 1.807) is 7.11 Å². The molecule has 3 heteroatoms. The molecule has 2 aliphatic heterocycles. The van der Waals surface area contributed by atoms with Gasteiger partial charge in [-0.15, -0.1) is 0 Å². The third kappa shape index (κ3) is 1.08. The zero-order valence-corrected chi connectivity index (χ0v) is 6.93. The Morgan fingerprint density at radius 1 is 1.64 bits per heavy atom. The van der Waals surface area contributed by atoms with Crippen LogP contribution >= 0.6 is 0 Å². The Kier molecular flexibility index (Phi) is 1.87. The molecule has 0 aromatic carbocycles. The highest BCUT2D eigenvalue weighted by atomic mass is 16.6. The first-order valence-electron chi connectivity index (χ1n) is 4.25. The van der Waals surface area contributed by atoms with Gasteiger partial charge in [-0.05, 0) is 12.8 Å². The van der Waals surface area contributed by atoms with Gasteiger partial charge in [0, 0.05) is 26.8 Å². The molecule has 2 aliphatic rings. The molecule has 1 spiro atoms. The van der Waals surface area contributed by atoms with Crippen LogP contribution in [0.5, 0.6) is 0 Å². The van der Waals surface area contributed by atoms with Crippen molar-refractivity contribution >= 4 is 0 Å². The second kappa shape index (κ2) is 2.73. The normalized spacial score (nSPS) is 43.9. The van der Waals surface area contributed by atoms with E-state index in [1.165, 1.54) is 6.42 Å². The van der Waals surface area contributed by atoms with E-state index in [-0.39, 0.29) is 11.7 Å². The van der Waals surface area contributed by atoms with E-state index in [9.17, 15) is 0 Å². The number of nitrogens with one attached hydrogen (secondary N) is 1. The number of hydrogen-bond acceptors (Lipinski definition) is 3. The fourth-order valence-electron chi connectivity index (χ4n) is 2.13. The van der Waals surface area contributed by atoms with Gasteiger partial charge in [0.25, 0.3) is 0 Å². The summed E-state index contributed by atoms with van der Waals surface area (Å²) in [6, 6.07) is 0. The minimum absolute atomic E-state index is 0.0226. The van der Waals surface area contributed by atoms with Gasteiger partial charge in [-0.1, -0.05) is 0 Å². The monoisotopic (exact) mass is 157 g/mol. The zero-order valence-electron chi connectivity index (χ0n) is 6.93. The number of rotatable bonds is 1. The summed E-state index contributed by atoms with van der Waals surface area (Å²) in [4.78, 5) is 0. The van der Waals surface area contributed by atoms with Crippen molar-refractivity contribution in [2.24, 2.45) is 0 Å². The fraction of sp³-hybridized carbons (Fsp3) is 1.00. The lowest BCUT2D eigenvalue weighted by molar-refractivity contribution is -0.0750. The first kappa shape index (κ1) is 7.53. The van der Waals surface area contributed by atoms with Gasteiger partial charge < -0.3 is 14.8 Å². The van der Waals surface area contributed by atoms with Crippen molar-refractivity contribution in [3.05, 3.63) is 0 Å². The summed E-state index contributed by atoms with van der Waals surface area (Å²) in [6.45, 7) is 2.81. The predicted molar refractivity (Wildman–Crippen MR) is 41.6 cm³/mol. The number of hydrogen-bond donors (Lipinski definition) is 1. The van der Waals surface area contributed by atoms with Crippen LogP contribution in [0.2, 0.25) is 0 Å². The Morgan fingerprint density at radius 3 is 3.18 bits per heavy atom. The van der Waals surface area contributed by atoms with Crippen LogP contribution in [-0.2, 0) is 9.47 Å². The molecule has 2 fully saturated rings. The van der Waals surface area contributed by atoms with Gasteiger partial charge in [0.15, 0.2) is 0 Å². The van der Waals surface area contributed by atoms with Crippen molar-refractivity contribution in [2.45, 2.75) is 24.5 Å². The fourth-order valence-corrected chi connectivity index (χ4v) is 2.13. The van der Waals surface area contributed by atoms with E-state index in [0.717, 1.165) is 26.1 Å². The maximum Gasteiger partial charge on any atom is 0.108 e. The molecule has 0 aliphatic carbocycles. The first-order valence-corrected chi connectivity index (χ1v) is 4.25. The Labute approximate surface area is 67.1 Å². The van der Waals surface area contributed by atoms with Crippen molar-refractivity contribution in [1.29, 1.82) is 0 Å². The molecule has 0 amide bonds. The Balaban J connectivity index is 2.09. The Morgan fingerprint density at radius 2 is 2.55 bits per heavy atom. The van der Waals surface area contributed by atoms with Crippen molar-refractivity contribution < 1.29 is 9.47 Å². The van der Waals surface area contributed by atoms with Crippen LogP contribution in [0.4, 0.5) is 0 Å². The maximum absolute atomic E-state index is 5.72. The van der Waals surface area contributed by atoms with E-state index in [2.05, 4.69) is 5.32 Å². The molecule has 2 heterocycles. The summed E-state index contributed by atoms with van der Waals surface area (Å²) in [6.07, 6.45) is 2.60. The molecule has 0 aromatic heterocycles. The highest BCUT2D eigenvalue weighted by Crippen LogP contribution is 2.32. The van der Waals surface area contributed by atoms with Gasteiger partial charge in [0.2, 0.25) is 0 Å². The van der Waals surface area contributed by atoms with Gasteiger partial charge in [-0.25, -0.2) is 0 Å². The maximum atomic E-state index is 5.72. The third-order valence-corrected chi connectivity index (χ3v) is 2.76. The van der Waals surface area contributed by atoms with Crippen molar-refractivity contribution in [1.82, 2.24) is 5.32 Å². The molecule has 0 aromatic rings. The van der Waals surface area contributed by atoms with E-state index in [0.29, 0.717) is 0 Å². The Hall–Kier alpha value is -0.120. The first-order chi connectivity index (χ1) is 5.37. The molecule has 0 saturated carbocycles. The summed E-state index contributed by atoms with van der Waals surface area (Å²) >= 11 is 0. The predicted octanol–water partition coefficient (Wildman–Crippen LogP) is 0.154. The lowest BCUT2D eigenvalue weighted by Gasteiger charge is -2.27. The molecule has 1 N–H and O–H groups in total. The zero-order chi connectivity index (χ0) is 7.73. The van der Waals surface area contributed by atoms with Crippen LogP contribution in [-0.4, -0.2) is 38.5 Å². The van der Waals surface area contributed by atoms with Crippen LogP contribution in [0.3, 0.4) is 0 Å². The highest BCUT2D eigenvalue weighted by molar-refractivity contribution is 5.00. The average Bonchev–Trinajstić information content (AvgIpc) is 2.62. The summed E-state index contributed by atoms with van der Waals surface area (Å²) in [5, 5.41) is 3.31. The topological polar surface area (TPSA) is 30.5 Å². The number of ether oxygens (including phenoxy) is 2. The Bertz CT molecular complexity index is 138. The second-order valence-electron chi connectivity index (χ2n) is 3.37. The minimum atomic E-state index is 0.0226. The van der Waals surface area contributed by atoms with E-state index in [1.807, 2.05) is 0 Å². The minimum Gasteiger partial charge on any atom is -0.377 e. The molecule has 0 unspecified atom stereocenters. The van der Waals surface area contributed by atoms with Crippen molar-refractivity contribution in [2.75, 3.05) is 26.8 Å². The lowest BCUT2D eigenvalue weighted by atomic mass is 9.97. The van der Waals surface area contributed by atoms with E-state index < -0.39 is 0 Å². The molecule has 2 atom stereocenters. The third-order valence-electron chi connectivity index (χ3n) is 2.76. The van der Waals surface area contributed by atoms with Gasteiger partial charge in [0.1, 0.15) is 5.60 Å². The van der Waals surface area contributed by atoms with Crippen LogP contribution in [0.1, 0.15) is 12.8 Å². The SMILES string of the molecule is CO[C@@H]1CNC[C@]12CCCO2. The van der Waals surface area contributed by atoms with Crippen molar-refractivity contribution in [3.63, 3.8) is 0 Å². The quantitative estimate of drug-likeness (QED) is 0.588. The molecule has 2 saturated heterocycles. The van der Waals surface area contributed by atoms with Gasteiger partial charge in [-0.3, -0.25) is 0 Å². The van der Waals surface area contributed by atoms with Crippen LogP contribution < -0.4 is 5.32 Å². The average molecular weight is 157 g/mol. The van der Waals surface area contributed by atoms with E-state index >= 15 is 0 Å². The molecule has 0 bridgehead atoms. The molecule has 11 heavy (non-hydrogen) atoms. The molecule has 2 rings (SSSR count). The highest BCUT2D eigenvalue weighted by Gasteiger charge is 2.46. The summed E-state index contributed by atoms with van der Waals surface area (Å²) in [7, 11) is 1.76. The number of methoxy groups -OCH3 is 1. The van der Waals surface area contributed by atoms with Crippen LogP contribution in [0.15, 0.2) is 0 Å². The molecule has 0 radical (unpaired) electrons. The second-order valence-corrected chi connectivity index (χ2v) is 3.37. The molecular weight excluding hydrogens is 142 g/mol. The van der Waals surface area contributed by atoms with E-state index in [4.69, 9.17) is 9.47 Å². The van der Waals surface area contributed by atoms with Crippen molar-refractivity contribution in [3.8, 4) is 0 Å². The van der Waals surface area contributed by atoms with Crippen LogP contribution in [0, 0.1) is 0 Å². The smallest absolute Gasteiger partial charge is 0.108 e. The largest absolute Gasteiger partial charge is 0.377 e. The lowest BCUT2D eigenvalue weighted by Crippen LogP contribution is -2.41. The van der Waals surface area contributed by atoms with Gasteiger partial charge in [-0.2, -0.15) is 0 Å². The van der Waals surface area contributed by atoms with Gasteiger partial charge in [0.05, 0.1) is 6.10 Å². The summed E-state index contributed by atoms with van der Waals surface area (Å²) in [5.74, 6) is 0. The summed E-state index contributed by atoms with van der Waals surface area (Å²) < 4.78 is 11.1.